The number of carbonyl (C=O) groups excluding carboxylic acids is 1. The van der Waals surface area contributed by atoms with E-state index in [9.17, 15) is 4.79 Å². The fourth-order valence-electron chi connectivity index (χ4n) is 1.84. The number of anilines is 1. The van der Waals surface area contributed by atoms with Crippen LogP contribution >= 0.6 is 11.3 Å². The summed E-state index contributed by atoms with van der Waals surface area (Å²) in [5.41, 5.74) is 6.20. The van der Waals surface area contributed by atoms with Gasteiger partial charge in [0.15, 0.2) is 17.1 Å². The summed E-state index contributed by atoms with van der Waals surface area (Å²) in [5, 5.41) is 6.01. The van der Waals surface area contributed by atoms with Crippen molar-refractivity contribution in [1.82, 2.24) is 4.98 Å². The van der Waals surface area contributed by atoms with E-state index in [4.69, 9.17) is 10.6 Å². The van der Waals surface area contributed by atoms with Crippen molar-refractivity contribution < 1.29 is 9.63 Å². The SMILES string of the molecule is Nc1nc(/C(C=O)=N/OC2CCCCC2)cs1. The maximum Gasteiger partial charge on any atom is 0.180 e. The molecular formula is C11H15N3O2S. The van der Waals surface area contributed by atoms with E-state index in [1.165, 1.54) is 30.6 Å². The van der Waals surface area contributed by atoms with Crippen LogP contribution in [-0.2, 0) is 9.63 Å². The fraction of sp³-hybridized carbons (Fsp3) is 0.545. The quantitative estimate of drug-likeness (QED) is 0.505. The lowest BCUT2D eigenvalue weighted by atomic mass is 9.98. The van der Waals surface area contributed by atoms with Gasteiger partial charge >= 0.3 is 0 Å². The van der Waals surface area contributed by atoms with E-state index in [1.807, 2.05) is 0 Å². The molecule has 0 aliphatic heterocycles. The Morgan fingerprint density at radius 3 is 2.88 bits per heavy atom. The van der Waals surface area contributed by atoms with Crippen LogP contribution in [0.25, 0.3) is 0 Å². The minimum atomic E-state index is 0.134. The average Bonchev–Trinajstić information content (AvgIpc) is 2.78. The zero-order valence-corrected chi connectivity index (χ0v) is 10.3. The Morgan fingerprint density at radius 1 is 1.53 bits per heavy atom. The van der Waals surface area contributed by atoms with Crippen LogP contribution in [0.4, 0.5) is 5.13 Å². The third kappa shape index (κ3) is 3.26. The van der Waals surface area contributed by atoms with Gasteiger partial charge in [0, 0.05) is 5.38 Å². The highest BCUT2D eigenvalue weighted by molar-refractivity contribution is 7.13. The molecule has 92 valence electrons. The molecule has 6 heteroatoms. The van der Waals surface area contributed by atoms with Crippen LogP contribution in [0.5, 0.6) is 0 Å². The van der Waals surface area contributed by atoms with Crippen LogP contribution in [0.1, 0.15) is 37.8 Å². The lowest BCUT2D eigenvalue weighted by Crippen LogP contribution is -2.15. The van der Waals surface area contributed by atoms with Crippen molar-refractivity contribution in [3.8, 4) is 0 Å². The lowest BCUT2D eigenvalue weighted by Gasteiger charge is -2.19. The number of nitrogens with two attached hydrogens (primary N) is 1. The molecule has 1 heterocycles. The van der Waals surface area contributed by atoms with Gasteiger partial charge in [-0.25, -0.2) is 4.98 Å². The van der Waals surface area contributed by atoms with E-state index in [-0.39, 0.29) is 11.8 Å². The Bertz CT molecular complexity index is 411. The maximum atomic E-state index is 10.9. The minimum absolute atomic E-state index is 0.134. The van der Waals surface area contributed by atoms with Crippen molar-refractivity contribution in [2.24, 2.45) is 5.16 Å². The Hall–Kier alpha value is -1.43. The summed E-state index contributed by atoms with van der Waals surface area (Å²) in [4.78, 5) is 20.3. The second kappa shape index (κ2) is 5.77. The highest BCUT2D eigenvalue weighted by Crippen LogP contribution is 2.20. The summed E-state index contributed by atoms with van der Waals surface area (Å²) in [6.45, 7) is 0. The number of nitrogen functional groups attached to an aromatic ring is 1. The van der Waals surface area contributed by atoms with Crippen molar-refractivity contribution >= 4 is 28.5 Å². The third-order valence-electron chi connectivity index (χ3n) is 2.75. The molecule has 0 radical (unpaired) electrons. The summed E-state index contributed by atoms with van der Waals surface area (Å²) >= 11 is 1.28. The number of rotatable bonds is 4. The van der Waals surface area contributed by atoms with Gasteiger partial charge in [-0.05, 0) is 25.7 Å². The number of thiazole rings is 1. The van der Waals surface area contributed by atoms with Gasteiger partial charge in [0.1, 0.15) is 11.8 Å². The van der Waals surface area contributed by atoms with Crippen molar-refractivity contribution in [3.05, 3.63) is 11.1 Å². The van der Waals surface area contributed by atoms with E-state index in [0.29, 0.717) is 17.1 Å². The first-order valence-electron chi connectivity index (χ1n) is 5.70. The summed E-state index contributed by atoms with van der Waals surface area (Å²) in [5.74, 6) is 0. The summed E-state index contributed by atoms with van der Waals surface area (Å²) in [6, 6.07) is 0. The Balaban J connectivity index is 1.99. The van der Waals surface area contributed by atoms with Gasteiger partial charge < -0.3 is 10.6 Å². The zero-order valence-electron chi connectivity index (χ0n) is 9.46. The van der Waals surface area contributed by atoms with Gasteiger partial charge in [0.05, 0.1) is 0 Å². The van der Waals surface area contributed by atoms with Crippen LogP contribution in [0.2, 0.25) is 0 Å². The number of hydrogen-bond donors (Lipinski definition) is 1. The Kier molecular flexibility index (Phi) is 4.08. The van der Waals surface area contributed by atoms with Crippen LogP contribution in [0, 0.1) is 0 Å². The summed E-state index contributed by atoms with van der Waals surface area (Å²) in [6.07, 6.45) is 6.39. The average molecular weight is 253 g/mol. The van der Waals surface area contributed by atoms with Crippen molar-refractivity contribution in [3.63, 3.8) is 0 Å². The molecule has 1 aliphatic rings. The van der Waals surface area contributed by atoms with E-state index in [0.717, 1.165) is 12.8 Å². The highest BCUT2D eigenvalue weighted by Gasteiger charge is 2.15. The van der Waals surface area contributed by atoms with Crippen molar-refractivity contribution in [2.45, 2.75) is 38.2 Å². The molecule has 1 fully saturated rings. The molecule has 2 rings (SSSR count). The number of nitrogens with zero attached hydrogens (tertiary/aromatic N) is 2. The molecule has 0 saturated heterocycles. The first-order chi connectivity index (χ1) is 8.29. The van der Waals surface area contributed by atoms with Gasteiger partial charge in [-0.1, -0.05) is 11.6 Å². The van der Waals surface area contributed by atoms with E-state index >= 15 is 0 Å². The standard InChI is InChI=1S/C11H15N3O2S/c12-11-13-10(7-17-11)9(6-15)14-16-8-4-2-1-3-5-8/h6-8H,1-5H2,(H2,12,13)/b14-9+. The van der Waals surface area contributed by atoms with Crippen molar-refractivity contribution in [2.75, 3.05) is 5.73 Å². The fourth-order valence-corrected chi connectivity index (χ4v) is 2.39. The highest BCUT2D eigenvalue weighted by atomic mass is 32.1. The molecule has 0 spiro atoms. The molecular weight excluding hydrogens is 238 g/mol. The van der Waals surface area contributed by atoms with E-state index < -0.39 is 0 Å². The van der Waals surface area contributed by atoms with Gasteiger partial charge in [-0.15, -0.1) is 11.3 Å². The van der Waals surface area contributed by atoms with Crippen LogP contribution < -0.4 is 5.73 Å². The second-order valence-electron chi connectivity index (χ2n) is 4.03. The molecule has 1 aliphatic carbocycles. The smallest absolute Gasteiger partial charge is 0.180 e. The molecule has 2 N–H and O–H groups in total. The maximum absolute atomic E-state index is 10.9. The minimum Gasteiger partial charge on any atom is -0.392 e. The molecule has 0 atom stereocenters. The van der Waals surface area contributed by atoms with Crippen LogP contribution in [0.3, 0.4) is 0 Å². The van der Waals surface area contributed by atoms with Gasteiger partial charge in [0.25, 0.3) is 0 Å². The first kappa shape index (κ1) is 12.0. The van der Waals surface area contributed by atoms with E-state index in [1.54, 1.807) is 5.38 Å². The molecule has 1 aromatic rings. The molecule has 0 unspecified atom stereocenters. The second-order valence-corrected chi connectivity index (χ2v) is 4.92. The van der Waals surface area contributed by atoms with Gasteiger partial charge in [-0.2, -0.15) is 0 Å². The largest absolute Gasteiger partial charge is 0.392 e. The van der Waals surface area contributed by atoms with Crippen molar-refractivity contribution in [1.29, 1.82) is 0 Å². The molecule has 5 nitrogen and oxygen atoms in total. The Labute approximate surface area is 104 Å². The number of hydrogen-bond acceptors (Lipinski definition) is 6. The molecule has 0 bridgehead atoms. The monoisotopic (exact) mass is 253 g/mol. The molecule has 0 aromatic carbocycles. The predicted molar refractivity (Wildman–Crippen MR) is 67.1 cm³/mol. The van der Waals surface area contributed by atoms with Crippen LogP contribution in [-0.4, -0.2) is 23.1 Å². The molecule has 1 aromatic heterocycles. The normalized spacial score (nSPS) is 18.0. The zero-order chi connectivity index (χ0) is 12.1. The summed E-state index contributed by atoms with van der Waals surface area (Å²) in [7, 11) is 0. The first-order valence-corrected chi connectivity index (χ1v) is 6.58. The number of aromatic nitrogens is 1. The van der Waals surface area contributed by atoms with Gasteiger partial charge in [0.2, 0.25) is 0 Å². The van der Waals surface area contributed by atoms with Crippen LogP contribution in [0.15, 0.2) is 10.5 Å². The topological polar surface area (TPSA) is 77.6 Å². The Morgan fingerprint density at radius 2 is 2.29 bits per heavy atom. The molecule has 0 amide bonds. The third-order valence-corrected chi connectivity index (χ3v) is 3.42. The summed E-state index contributed by atoms with van der Waals surface area (Å²) < 4.78 is 0. The predicted octanol–water partition coefficient (Wildman–Crippen LogP) is 1.98. The number of oxime groups is 1. The molecule has 17 heavy (non-hydrogen) atoms. The number of carbonyl (C=O) groups is 1. The lowest BCUT2D eigenvalue weighted by molar-refractivity contribution is -0.102. The van der Waals surface area contributed by atoms with Gasteiger partial charge in [-0.3, -0.25) is 4.79 Å². The van der Waals surface area contributed by atoms with E-state index in [2.05, 4.69) is 10.1 Å². The molecule has 1 saturated carbocycles. The number of aldehydes is 1.